The molecule has 0 heterocycles. The van der Waals surface area contributed by atoms with E-state index in [4.69, 9.17) is 10.2 Å². The van der Waals surface area contributed by atoms with Crippen LogP contribution in [0.4, 0.5) is 0 Å². The molecule has 0 aliphatic heterocycles. The molecule has 0 amide bonds. The van der Waals surface area contributed by atoms with Crippen LogP contribution in [-0.4, -0.2) is 25.8 Å². The molecule has 0 aromatic rings. The van der Waals surface area contributed by atoms with Crippen LogP contribution in [0.3, 0.4) is 0 Å². The topological polar surface area (TPSA) is 40.5 Å². The third-order valence-electron chi connectivity index (χ3n) is 0.443. The van der Waals surface area contributed by atoms with E-state index < -0.39 is 23.9 Å². The summed E-state index contributed by atoms with van der Waals surface area (Å²) < 4.78 is 2.38. The maximum atomic E-state index is 8.52. The molecular formula is C13H30Br2O2W. The Bertz CT molecular complexity index is 205. The molecule has 2 N–H and O–H groups in total. The molecule has 5 heteroatoms. The summed E-state index contributed by atoms with van der Waals surface area (Å²) in [6.45, 7) is 17.1. The van der Waals surface area contributed by atoms with Crippen LogP contribution in [0.1, 0.15) is 62.3 Å². The summed E-state index contributed by atoms with van der Waals surface area (Å²) in [4.78, 5) is 0. The van der Waals surface area contributed by atoms with Crippen molar-refractivity contribution in [3.8, 4) is 0 Å². The average molecular weight is 562 g/mol. The molecule has 0 aromatic carbocycles. The van der Waals surface area contributed by atoms with Gasteiger partial charge in [-0.05, 0) is 41.5 Å². The Morgan fingerprint density at radius 1 is 0.722 bits per heavy atom. The number of halogens is 2. The Kier molecular flexibility index (Phi) is 13.9. The standard InChI is InChI=1S/C5H10.2C4H10O.2BrH.W/c1-5(2,3)4;2*1-4(2,3)5;;;/h1H,2-4H3;2*5H,1-3H3;2*1H;/q;;;;;+2/p-2. The second kappa shape index (κ2) is 10.2. The van der Waals surface area contributed by atoms with E-state index in [2.05, 4.69) is 51.8 Å². The minimum atomic E-state index is -1.25. The zero-order chi connectivity index (χ0) is 15.8. The number of rotatable bonds is 0. The Hall–Kier alpha value is 1.44. The molecule has 0 unspecified atom stereocenters. The van der Waals surface area contributed by atoms with Crippen molar-refractivity contribution >= 4 is 31.0 Å². The van der Waals surface area contributed by atoms with Crippen molar-refractivity contribution in [1.82, 2.24) is 0 Å². The third kappa shape index (κ3) is 114. The van der Waals surface area contributed by atoms with E-state index in [1.165, 1.54) is 0 Å². The molecule has 0 rings (SSSR count). The van der Waals surface area contributed by atoms with Gasteiger partial charge < -0.3 is 10.2 Å². The zero-order valence-electron chi connectivity index (χ0n) is 13.1. The Balaban J connectivity index is -0.000000197. The molecule has 0 aromatic heterocycles. The predicted molar refractivity (Wildman–Crippen MR) is 87.3 cm³/mol. The van der Waals surface area contributed by atoms with Gasteiger partial charge in [0.05, 0.1) is 11.2 Å². The van der Waals surface area contributed by atoms with Crippen molar-refractivity contribution in [2.24, 2.45) is 5.41 Å². The van der Waals surface area contributed by atoms with Crippen LogP contribution in [0.15, 0.2) is 0 Å². The first-order chi connectivity index (χ1) is 7.42. The van der Waals surface area contributed by atoms with Crippen LogP contribution in [-0.2, 0) is 12.7 Å². The fraction of sp³-hybridized carbons (Fsp3) is 0.923. The molecule has 114 valence electrons. The van der Waals surface area contributed by atoms with E-state index >= 15 is 0 Å². The predicted octanol–water partition coefficient (Wildman–Crippen LogP) is 4.63. The van der Waals surface area contributed by atoms with Gasteiger partial charge in [0.1, 0.15) is 0 Å². The Morgan fingerprint density at radius 2 is 0.889 bits per heavy atom. The van der Waals surface area contributed by atoms with Gasteiger partial charge in [0.25, 0.3) is 0 Å². The number of aliphatic hydroxyl groups is 2. The molecule has 0 aliphatic rings. The molecule has 0 saturated carbocycles. The van der Waals surface area contributed by atoms with E-state index in [1.807, 2.05) is 0 Å². The van der Waals surface area contributed by atoms with Crippen molar-refractivity contribution in [1.29, 1.82) is 0 Å². The van der Waals surface area contributed by atoms with Crippen molar-refractivity contribution in [3.63, 3.8) is 0 Å². The molecule has 0 spiro atoms. The second-order valence-corrected chi connectivity index (χ2v) is 28.1. The normalized spacial score (nSPS) is 12.1. The van der Waals surface area contributed by atoms with Crippen molar-refractivity contribution in [2.45, 2.75) is 73.5 Å². The van der Waals surface area contributed by atoms with Gasteiger partial charge in [-0.2, -0.15) is 0 Å². The van der Waals surface area contributed by atoms with Gasteiger partial charge in [0.2, 0.25) is 0 Å². The first-order valence-electron chi connectivity index (χ1n) is 5.78. The molecule has 0 radical (unpaired) electrons. The SMILES string of the molecule is CC(C)(C)O.CC(C)(C)O.CC(C)(C)[CH]=[W]([Br])[Br]. The van der Waals surface area contributed by atoms with Gasteiger partial charge >= 0.3 is 69.9 Å². The third-order valence-corrected chi connectivity index (χ3v) is 6.68. The molecule has 18 heavy (non-hydrogen) atoms. The molecule has 2 nitrogen and oxygen atoms in total. The van der Waals surface area contributed by atoms with Crippen molar-refractivity contribution in [3.05, 3.63) is 0 Å². The van der Waals surface area contributed by atoms with Gasteiger partial charge in [-0.15, -0.1) is 0 Å². The monoisotopic (exact) mass is 560 g/mol. The van der Waals surface area contributed by atoms with Gasteiger partial charge in [0.15, 0.2) is 0 Å². The molecular weight excluding hydrogens is 532 g/mol. The van der Waals surface area contributed by atoms with Crippen LogP contribution in [0, 0.1) is 5.41 Å². The summed E-state index contributed by atoms with van der Waals surface area (Å²) in [5, 5.41) is 17.0. The van der Waals surface area contributed by atoms with Crippen molar-refractivity contribution < 1.29 is 23.0 Å². The van der Waals surface area contributed by atoms with Gasteiger partial charge in [-0.3, -0.25) is 0 Å². The minimum absolute atomic E-state index is 0.390. The maximum absolute atomic E-state index is 8.52. The van der Waals surface area contributed by atoms with E-state index in [-0.39, 0.29) is 0 Å². The van der Waals surface area contributed by atoms with Crippen LogP contribution < -0.4 is 0 Å². The van der Waals surface area contributed by atoms with E-state index in [0.717, 1.165) is 0 Å². The summed E-state index contributed by atoms with van der Waals surface area (Å²) in [5.41, 5.74) is -0.610. The summed E-state index contributed by atoms with van der Waals surface area (Å²) in [5.74, 6) is 0. The molecule has 0 fully saturated rings. The van der Waals surface area contributed by atoms with Crippen LogP contribution in [0.5, 0.6) is 0 Å². The Morgan fingerprint density at radius 3 is 0.889 bits per heavy atom. The van der Waals surface area contributed by atoms with Crippen LogP contribution >= 0.6 is 26.6 Å². The second-order valence-electron chi connectivity index (χ2n) is 7.06. The van der Waals surface area contributed by atoms with E-state index in [0.29, 0.717) is 5.41 Å². The summed E-state index contributed by atoms with van der Waals surface area (Å²) in [7, 11) is 0. The first kappa shape index (κ1) is 24.5. The fourth-order valence-electron chi connectivity index (χ4n) is 0.267. The fourth-order valence-corrected chi connectivity index (χ4v) is 11.4. The van der Waals surface area contributed by atoms with Crippen molar-refractivity contribution in [2.75, 3.05) is 0 Å². The van der Waals surface area contributed by atoms with E-state index in [1.54, 1.807) is 41.5 Å². The summed E-state index contributed by atoms with van der Waals surface area (Å²) in [6.07, 6.45) is 0. The average Bonchev–Trinajstić information content (AvgIpc) is 1.67. The van der Waals surface area contributed by atoms with Gasteiger partial charge in [-0.1, -0.05) is 0 Å². The summed E-state index contributed by atoms with van der Waals surface area (Å²) >= 11 is 5.88. The number of hydrogen-bond donors (Lipinski definition) is 2. The van der Waals surface area contributed by atoms with Gasteiger partial charge in [0, 0.05) is 0 Å². The quantitative estimate of drug-likeness (QED) is 0.453. The molecule has 0 bridgehead atoms. The zero-order valence-corrected chi connectivity index (χ0v) is 19.2. The Labute approximate surface area is 132 Å². The summed E-state index contributed by atoms with van der Waals surface area (Å²) in [6, 6.07) is 0. The first-order valence-corrected chi connectivity index (χ1v) is 20.3. The molecule has 0 saturated heterocycles. The molecule has 0 atom stereocenters. The van der Waals surface area contributed by atoms with E-state index in [9.17, 15) is 0 Å². The van der Waals surface area contributed by atoms with Crippen LogP contribution in [0.25, 0.3) is 0 Å². The van der Waals surface area contributed by atoms with Gasteiger partial charge in [-0.25, -0.2) is 0 Å². The van der Waals surface area contributed by atoms with Crippen LogP contribution in [0.2, 0.25) is 0 Å². The number of hydrogen-bond acceptors (Lipinski definition) is 2. The molecule has 0 aliphatic carbocycles.